The second kappa shape index (κ2) is 11.4. The van der Waals surface area contributed by atoms with E-state index in [-0.39, 0.29) is 0 Å². The second-order valence-electron chi connectivity index (χ2n) is 5.41. The van der Waals surface area contributed by atoms with E-state index >= 15 is 0 Å². The first-order valence-electron chi connectivity index (χ1n) is 8.13. The summed E-state index contributed by atoms with van der Waals surface area (Å²) >= 11 is 0. The van der Waals surface area contributed by atoms with Gasteiger partial charge in [-0.1, -0.05) is 45.6 Å². The minimum absolute atomic E-state index is 1.14. The van der Waals surface area contributed by atoms with Crippen LogP contribution < -0.4 is 4.57 Å². The summed E-state index contributed by atoms with van der Waals surface area (Å²) in [4.78, 5) is 0. The van der Waals surface area contributed by atoms with Gasteiger partial charge >= 0.3 is 5.51 Å². The van der Waals surface area contributed by atoms with Gasteiger partial charge in [0.25, 0.3) is 0 Å². The van der Waals surface area contributed by atoms with Crippen LogP contribution in [0.2, 0.25) is 0 Å². The van der Waals surface area contributed by atoms with Crippen LogP contribution in [0.1, 0.15) is 58.1 Å². The van der Waals surface area contributed by atoms with E-state index in [0.717, 1.165) is 6.42 Å². The average Bonchev–Trinajstić information content (AvgIpc) is 2.50. The Labute approximate surface area is 142 Å². The summed E-state index contributed by atoms with van der Waals surface area (Å²) in [5, 5.41) is 0. The topological polar surface area (TPSA) is 61.1 Å². The summed E-state index contributed by atoms with van der Waals surface area (Å²) in [7, 11) is -6.09. The normalized spacial score (nSPS) is 11.8. The molecule has 4 nitrogen and oxygen atoms in total. The van der Waals surface area contributed by atoms with Crippen LogP contribution in [0.4, 0.5) is 13.2 Å². The summed E-state index contributed by atoms with van der Waals surface area (Å²) < 4.78 is 61.3. The van der Waals surface area contributed by atoms with Gasteiger partial charge in [0.05, 0.1) is 0 Å². The number of aromatic nitrogens is 1. The minimum atomic E-state index is -6.09. The van der Waals surface area contributed by atoms with Crippen LogP contribution >= 0.6 is 0 Å². The summed E-state index contributed by atoms with van der Waals surface area (Å²) in [6.45, 7) is 5.69. The van der Waals surface area contributed by atoms with E-state index in [0.29, 0.717) is 0 Å². The predicted octanol–water partition coefficient (Wildman–Crippen LogP) is 3.95. The molecule has 0 bridgehead atoms. The van der Waals surface area contributed by atoms with Crippen molar-refractivity contribution >= 4 is 10.1 Å². The van der Waals surface area contributed by atoms with Gasteiger partial charge in [-0.05, 0) is 6.42 Å². The van der Waals surface area contributed by atoms with Crippen molar-refractivity contribution in [2.24, 2.45) is 0 Å². The molecule has 0 saturated heterocycles. The zero-order chi connectivity index (χ0) is 18.6. The highest BCUT2D eigenvalue weighted by atomic mass is 32.2. The monoisotopic (exact) mass is 369 g/mol. The maximum Gasteiger partial charge on any atom is 0.485 e. The lowest BCUT2D eigenvalue weighted by Gasteiger charge is -2.08. The van der Waals surface area contributed by atoms with Crippen molar-refractivity contribution in [1.82, 2.24) is 0 Å². The van der Waals surface area contributed by atoms with Gasteiger partial charge in [0.2, 0.25) is 0 Å². The number of aryl methyl sites for hydroxylation is 2. The molecule has 1 aromatic heterocycles. The van der Waals surface area contributed by atoms with E-state index in [1.54, 1.807) is 0 Å². The van der Waals surface area contributed by atoms with Crippen LogP contribution in [0.3, 0.4) is 0 Å². The smallest absolute Gasteiger partial charge is 0.485 e. The Morgan fingerprint density at radius 3 is 2.08 bits per heavy atom. The van der Waals surface area contributed by atoms with Crippen molar-refractivity contribution in [2.75, 3.05) is 0 Å². The molecule has 0 N–H and O–H groups in total. The van der Waals surface area contributed by atoms with E-state index in [9.17, 15) is 13.2 Å². The summed E-state index contributed by atoms with van der Waals surface area (Å²) in [6, 6.07) is 6.50. The van der Waals surface area contributed by atoms with Gasteiger partial charge < -0.3 is 4.55 Å². The van der Waals surface area contributed by atoms with Crippen molar-refractivity contribution < 1.29 is 30.7 Å². The standard InChI is InChI=1S/C15H26N.CHF3O3S/c1-3-5-6-7-8-10-13-16-14-11-9-12-15(16)4-2;2-1(3,4)8(5,6)7/h9,11-12,14H,3-8,10,13H2,1-2H3;(H,5,6,7)/q+1;/p-1. The fourth-order valence-corrected chi connectivity index (χ4v) is 2.11. The number of hydrogen-bond donors (Lipinski definition) is 0. The third kappa shape index (κ3) is 9.87. The molecule has 1 heterocycles. The summed E-state index contributed by atoms with van der Waals surface area (Å²) in [6.07, 6.45) is 11.6. The molecule has 0 atom stereocenters. The highest BCUT2D eigenvalue weighted by molar-refractivity contribution is 7.86. The van der Waals surface area contributed by atoms with Crippen molar-refractivity contribution in [3.63, 3.8) is 0 Å². The van der Waals surface area contributed by atoms with E-state index in [1.165, 1.54) is 50.8 Å². The number of halogens is 3. The fraction of sp³-hybridized carbons (Fsp3) is 0.688. The number of nitrogens with zero attached hydrogens (tertiary/aromatic N) is 1. The molecular weight excluding hydrogens is 343 g/mol. The van der Waals surface area contributed by atoms with Gasteiger partial charge in [-0.2, -0.15) is 13.2 Å². The van der Waals surface area contributed by atoms with Gasteiger partial charge in [-0.15, -0.1) is 0 Å². The molecule has 24 heavy (non-hydrogen) atoms. The van der Waals surface area contributed by atoms with E-state index in [2.05, 4.69) is 42.8 Å². The molecule has 0 aromatic carbocycles. The lowest BCUT2D eigenvalue weighted by Crippen LogP contribution is -2.37. The van der Waals surface area contributed by atoms with E-state index < -0.39 is 15.6 Å². The summed E-state index contributed by atoms with van der Waals surface area (Å²) in [5.74, 6) is 0. The van der Waals surface area contributed by atoms with Crippen LogP contribution in [0.25, 0.3) is 0 Å². The van der Waals surface area contributed by atoms with Crippen LogP contribution in [0.5, 0.6) is 0 Å². The van der Waals surface area contributed by atoms with Crippen molar-refractivity contribution in [3.05, 3.63) is 30.1 Å². The van der Waals surface area contributed by atoms with Gasteiger partial charge in [-0.25, -0.2) is 13.0 Å². The average molecular weight is 369 g/mol. The fourth-order valence-electron chi connectivity index (χ4n) is 2.11. The lowest BCUT2D eigenvalue weighted by molar-refractivity contribution is -0.704. The third-order valence-electron chi connectivity index (χ3n) is 3.43. The Morgan fingerprint density at radius 1 is 1.04 bits per heavy atom. The number of pyridine rings is 1. The molecule has 0 aliphatic carbocycles. The Kier molecular flexibility index (Phi) is 10.9. The highest BCUT2D eigenvalue weighted by Gasteiger charge is 2.36. The van der Waals surface area contributed by atoms with Crippen molar-refractivity contribution in [2.45, 2.75) is 70.8 Å². The SMILES string of the molecule is CCCCCCCC[n+]1ccccc1CC.O=S(=O)([O-])C(F)(F)F. The van der Waals surface area contributed by atoms with Gasteiger partial charge in [0, 0.05) is 25.0 Å². The first-order chi connectivity index (χ1) is 11.1. The van der Waals surface area contributed by atoms with Crippen LogP contribution in [-0.4, -0.2) is 18.5 Å². The minimum Gasteiger partial charge on any atom is -0.741 e. The van der Waals surface area contributed by atoms with E-state index in [4.69, 9.17) is 13.0 Å². The molecule has 0 saturated carbocycles. The zero-order valence-corrected chi connectivity index (χ0v) is 15.0. The van der Waals surface area contributed by atoms with Crippen molar-refractivity contribution in [1.29, 1.82) is 0 Å². The quantitative estimate of drug-likeness (QED) is 0.302. The number of unbranched alkanes of at least 4 members (excludes halogenated alkanes) is 5. The Balaban J connectivity index is 0.000000561. The maximum absolute atomic E-state index is 10.7. The molecule has 140 valence electrons. The summed E-state index contributed by atoms with van der Waals surface area (Å²) in [5.41, 5.74) is -4.19. The molecule has 0 aliphatic heterocycles. The van der Waals surface area contributed by atoms with Gasteiger partial charge in [0.1, 0.15) is 6.54 Å². The number of rotatable bonds is 8. The molecule has 0 amide bonds. The number of alkyl halides is 3. The van der Waals surface area contributed by atoms with Crippen LogP contribution in [0.15, 0.2) is 24.4 Å². The lowest BCUT2D eigenvalue weighted by atomic mass is 10.1. The predicted molar refractivity (Wildman–Crippen MR) is 85.1 cm³/mol. The van der Waals surface area contributed by atoms with Crippen LogP contribution in [0, 0.1) is 0 Å². The third-order valence-corrected chi connectivity index (χ3v) is 4.00. The molecule has 0 fully saturated rings. The Hall–Kier alpha value is -1.15. The molecule has 8 heteroatoms. The largest absolute Gasteiger partial charge is 0.741 e. The van der Waals surface area contributed by atoms with Gasteiger partial charge in [-0.3, -0.25) is 0 Å². The molecule has 0 radical (unpaired) electrons. The molecule has 0 unspecified atom stereocenters. The first-order valence-corrected chi connectivity index (χ1v) is 9.53. The molecule has 0 spiro atoms. The molecule has 1 aromatic rings. The number of hydrogen-bond acceptors (Lipinski definition) is 3. The Bertz CT molecular complexity index is 560. The second-order valence-corrected chi connectivity index (χ2v) is 6.78. The molecular formula is C16H26F3NO3S. The van der Waals surface area contributed by atoms with Crippen molar-refractivity contribution in [3.8, 4) is 0 Å². The zero-order valence-electron chi connectivity index (χ0n) is 14.2. The van der Waals surface area contributed by atoms with Gasteiger partial charge in [0.15, 0.2) is 22.0 Å². The maximum atomic E-state index is 10.7. The first kappa shape index (κ1) is 22.9. The van der Waals surface area contributed by atoms with E-state index in [1.807, 2.05) is 0 Å². The van der Waals surface area contributed by atoms with Crippen LogP contribution in [-0.2, 0) is 23.1 Å². The highest BCUT2D eigenvalue weighted by Crippen LogP contribution is 2.20. The Morgan fingerprint density at radius 2 is 1.58 bits per heavy atom. The molecule has 1 rings (SSSR count). The molecule has 0 aliphatic rings.